The summed E-state index contributed by atoms with van der Waals surface area (Å²) >= 11 is 0. The zero-order valence-electron chi connectivity index (χ0n) is 17.2. The lowest BCUT2D eigenvalue weighted by Crippen LogP contribution is -2.37. The Morgan fingerprint density at radius 1 is 1.34 bits per heavy atom. The van der Waals surface area contributed by atoms with E-state index in [2.05, 4.69) is 40.8 Å². The smallest absolute Gasteiger partial charge is 0.227 e. The van der Waals surface area contributed by atoms with Crippen LogP contribution in [0.2, 0.25) is 0 Å². The predicted octanol–water partition coefficient (Wildman–Crippen LogP) is 2.70. The number of nitrogens with zero attached hydrogens (tertiary/aromatic N) is 4. The van der Waals surface area contributed by atoms with Crippen LogP contribution in [-0.4, -0.2) is 51.9 Å². The first-order chi connectivity index (χ1) is 13.9. The fourth-order valence-electron chi connectivity index (χ4n) is 3.97. The zero-order valence-corrected chi connectivity index (χ0v) is 17.2. The van der Waals surface area contributed by atoms with Crippen LogP contribution in [0.25, 0.3) is 11.0 Å². The molecule has 0 bridgehead atoms. The molecule has 29 heavy (non-hydrogen) atoms. The molecular weight excluding hydrogens is 366 g/mol. The number of anilines is 1. The van der Waals surface area contributed by atoms with Gasteiger partial charge in [0.05, 0.1) is 19.2 Å². The first-order valence-corrected chi connectivity index (χ1v) is 9.94. The minimum atomic E-state index is 0.141. The normalized spacial score (nSPS) is 16.8. The zero-order chi connectivity index (χ0) is 20.5. The summed E-state index contributed by atoms with van der Waals surface area (Å²) in [5.74, 6) is 1.32. The van der Waals surface area contributed by atoms with Crippen molar-refractivity contribution in [3.63, 3.8) is 0 Å². The van der Waals surface area contributed by atoms with Crippen LogP contribution < -0.4 is 5.73 Å². The van der Waals surface area contributed by atoms with E-state index in [0.717, 1.165) is 35.1 Å². The third kappa shape index (κ3) is 3.96. The van der Waals surface area contributed by atoms with Gasteiger partial charge < -0.3 is 15.1 Å². The summed E-state index contributed by atoms with van der Waals surface area (Å²) < 4.78 is 5.76. The molecule has 7 nitrogen and oxygen atoms in total. The van der Waals surface area contributed by atoms with Gasteiger partial charge in [0.25, 0.3) is 0 Å². The monoisotopic (exact) mass is 393 g/mol. The number of aryl methyl sites for hydroxylation is 2. The number of rotatable bonds is 5. The molecule has 0 aliphatic carbocycles. The van der Waals surface area contributed by atoms with Crippen molar-refractivity contribution in [2.75, 3.05) is 25.9 Å². The molecule has 2 N–H and O–H groups in total. The number of benzene rings is 1. The number of hydrogen-bond donors (Lipinski definition) is 1. The predicted molar refractivity (Wildman–Crippen MR) is 112 cm³/mol. The van der Waals surface area contributed by atoms with E-state index in [9.17, 15) is 4.79 Å². The van der Waals surface area contributed by atoms with Gasteiger partial charge in [-0.3, -0.25) is 9.69 Å². The molecule has 1 saturated heterocycles. The van der Waals surface area contributed by atoms with E-state index in [-0.39, 0.29) is 11.9 Å². The highest BCUT2D eigenvalue weighted by molar-refractivity contribution is 5.89. The van der Waals surface area contributed by atoms with Crippen LogP contribution in [0.3, 0.4) is 0 Å². The minimum Gasteiger partial charge on any atom is -0.464 e. The van der Waals surface area contributed by atoms with E-state index in [1.165, 1.54) is 5.56 Å². The highest BCUT2D eigenvalue weighted by Crippen LogP contribution is 2.27. The van der Waals surface area contributed by atoms with E-state index in [1.54, 1.807) is 18.5 Å². The maximum Gasteiger partial charge on any atom is 0.227 e. The first kappa shape index (κ1) is 19.4. The number of furan rings is 1. The summed E-state index contributed by atoms with van der Waals surface area (Å²) in [6, 6.07) is 6.10. The molecule has 152 valence electrons. The van der Waals surface area contributed by atoms with Crippen molar-refractivity contribution in [1.29, 1.82) is 0 Å². The van der Waals surface area contributed by atoms with Crippen molar-refractivity contribution in [1.82, 2.24) is 19.8 Å². The second kappa shape index (κ2) is 7.83. The van der Waals surface area contributed by atoms with Crippen LogP contribution in [0.5, 0.6) is 0 Å². The third-order valence-electron chi connectivity index (χ3n) is 5.94. The SMILES string of the molecule is Cc1ccc2c(CC(=O)N3CC[C@H](N(C)Cc4nccc(N)n4)C3)coc2c1C. The second-order valence-corrected chi connectivity index (χ2v) is 7.92. The number of carbonyl (C=O) groups excluding carboxylic acids is 1. The Labute approximate surface area is 170 Å². The Bertz CT molecular complexity index is 1040. The van der Waals surface area contributed by atoms with Gasteiger partial charge in [-0.25, -0.2) is 9.97 Å². The van der Waals surface area contributed by atoms with E-state index in [1.807, 2.05) is 11.9 Å². The molecule has 1 atom stereocenters. The fourth-order valence-corrected chi connectivity index (χ4v) is 3.97. The third-order valence-corrected chi connectivity index (χ3v) is 5.94. The van der Waals surface area contributed by atoms with Gasteiger partial charge in [-0.05, 0) is 44.5 Å². The number of nitrogens with two attached hydrogens (primary N) is 1. The lowest BCUT2D eigenvalue weighted by Gasteiger charge is -2.24. The van der Waals surface area contributed by atoms with Gasteiger partial charge in [0.2, 0.25) is 5.91 Å². The lowest BCUT2D eigenvalue weighted by molar-refractivity contribution is -0.129. The minimum absolute atomic E-state index is 0.141. The van der Waals surface area contributed by atoms with Crippen molar-refractivity contribution in [3.05, 3.63) is 53.2 Å². The van der Waals surface area contributed by atoms with Gasteiger partial charge in [-0.2, -0.15) is 0 Å². The molecule has 3 aromatic rings. The number of likely N-dealkylation sites (tertiary alicyclic amines) is 1. The van der Waals surface area contributed by atoms with Crippen LogP contribution in [0, 0.1) is 13.8 Å². The summed E-state index contributed by atoms with van der Waals surface area (Å²) in [5.41, 5.74) is 9.91. The van der Waals surface area contributed by atoms with Crippen LogP contribution >= 0.6 is 0 Å². The molecule has 0 unspecified atom stereocenters. The molecule has 1 fully saturated rings. The number of likely N-dealkylation sites (N-methyl/N-ethyl adjacent to an activating group) is 1. The highest BCUT2D eigenvalue weighted by atomic mass is 16.3. The quantitative estimate of drug-likeness (QED) is 0.717. The molecule has 0 spiro atoms. The number of hydrogen-bond acceptors (Lipinski definition) is 6. The van der Waals surface area contributed by atoms with Crippen molar-refractivity contribution >= 4 is 22.7 Å². The standard InChI is InChI=1S/C22H27N5O2/c1-14-4-5-18-16(13-29-22(18)15(14)2)10-21(28)27-9-7-17(11-27)26(3)12-20-24-8-6-19(23)25-20/h4-6,8,13,17H,7,9-12H2,1-3H3,(H2,23,24,25)/t17-/m0/s1. The van der Waals surface area contributed by atoms with E-state index in [4.69, 9.17) is 10.2 Å². The first-order valence-electron chi connectivity index (χ1n) is 9.94. The van der Waals surface area contributed by atoms with Gasteiger partial charge in [0, 0.05) is 36.3 Å². The molecule has 1 aliphatic rings. The molecule has 1 aromatic carbocycles. The molecular formula is C22H27N5O2. The molecule has 4 rings (SSSR count). The number of fused-ring (bicyclic) bond motifs is 1. The average molecular weight is 393 g/mol. The summed E-state index contributed by atoms with van der Waals surface area (Å²) in [7, 11) is 2.04. The van der Waals surface area contributed by atoms with Crippen LogP contribution in [0.1, 0.15) is 28.9 Å². The van der Waals surface area contributed by atoms with Gasteiger partial charge in [0.1, 0.15) is 17.2 Å². The Hall–Kier alpha value is -2.93. The summed E-state index contributed by atoms with van der Waals surface area (Å²) in [5, 5.41) is 1.04. The van der Waals surface area contributed by atoms with Crippen molar-refractivity contribution in [2.24, 2.45) is 0 Å². The number of carbonyl (C=O) groups is 1. The number of aromatic nitrogens is 2. The molecule has 0 radical (unpaired) electrons. The molecule has 7 heteroatoms. The van der Waals surface area contributed by atoms with Crippen LogP contribution in [0.15, 0.2) is 35.1 Å². The highest BCUT2D eigenvalue weighted by Gasteiger charge is 2.29. The van der Waals surface area contributed by atoms with E-state index < -0.39 is 0 Å². The maximum atomic E-state index is 12.9. The summed E-state index contributed by atoms with van der Waals surface area (Å²) in [6.07, 6.45) is 4.71. The van der Waals surface area contributed by atoms with E-state index >= 15 is 0 Å². The largest absolute Gasteiger partial charge is 0.464 e. The van der Waals surface area contributed by atoms with Crippen molar-refractivity contribution in [3.8, 4) is 0 Å². The molecule has 1 aliphatic heterocycles. The molecule has 0 saturated carbocycles. The second-order valence-electron chi connectivity index (χ2n) is 7.92. The molecule has 1 amide bonds. The maximum absolute atomic E-state index is 12.9. The van der Waals surface area contributed by atoms with Crippen molar-refractivity contribution in [2.45, 2.75) is 39.3 Å². The Balaban J connectivity index is 1.39. The molecule has 3 heterocycles. The average Bonchev–Trinajstić information content (AvgIpc) is 3.33. The van der Waals surface area contributed by atoms with Gasteiger partial charge in [-0.1, -0.05) is 12.1 Å². The molecule has 2 aromatic heterocycles. The number of amides is 1. The Morgan fingerprint density at radius 3 is 2.97 bits per heavy atom. The topological polar surface area (TPSA) is 88.5 Å². The lowest BCUT2D eigenvalue weighted by atomic mass is 10.0. The summed E-state index contributed by atoms with van der Waals surface area (Å²) in [6.45, 7) is 6.21. The Kier molecular flexibility index (Phi) is 5.24. The van der Waals surface area contributed by atoms with Crippen LogP contribution in [0.4, 0.5) is 5.82 Å². The van der Waals surface area contributed by atoms with Crippen LogP contribution in [-0.2, 0) is 17.8 Å². The van der Waals surface area contributed by atoms with Gasteiger partial charge >= 0.3 is 0 Å². The van der Waals surface area contributed by atoms with E-state index in [0.29, 0.717) is 31.2 Å². The Morgan fingerprint density at radius 2 is 2.17 bits per heavy atom. The van der Waals surface area contributed by atoms with Crippen molar-refractivity contribution < 1.29 is 9.21 Å². The summed E-state index contributed by atoms with van der Waals surface area (Å²) in [4.78, 5) is 25.6. The van der Waals surface area contributed by atoms with Gasteiger partial charge in [0.15, 0.2) is 0 Å². The van der Waals surface area contributed by atoms with Gasteiger partial charge in [-0.15, -0.1) is 0 Å². The fraction of sp³-hybridized carbons (Fsp3) is 0.409. The number of nitrogen functional groups attached to an aromatic ring is 1.